The molecule has 0 radical (unpaired) electrons. The zero-order chi connectivity index (χ0) is 21.1. The molecule has 2 N–H and O–H groups in total. The third-order valence-corrected chi connectivity index (χ3v) is 5.31. The lowest BCUT2D eigenvalue weighted by atomic mass is 10.1. The standard InChI is InChI=1S/C23H25N5O2/c1-15-11-16(2)13-18(12-15)23(30)24-14-20(29)28-10-6-9-19(28)22-25-21(26-27-22)17-7-4-3-5-8-17/h3-5,7-8,11-13,19H,6,9-10,14H2,1-2H3,(H,24,30)(H,25,26,27). The first-order valence-corrected chi connectivity index (χ1v) is 10.1. The molecule has 1 unspecified atom stereocenters. The van der Waals surface area contributed by atoms with Gasteiger partial charge in [0.15, 0.2) is 5.82 Å². The fourth-order valence-corrected chi connectivity index (χ4v) is 3.95. The van der Waals surface area contributed by atoms with E-state index in [2.05, 4.69) is 20.5 Å². The van der Waals surface area contributed by atoms with Crippen LogP contribution in [0.5, 0.6) is 0 Å². The van der Waals surface area contributed by atoms with Crippen LogP contribution in [0.3, 0.4) is 0 Å². The molecule has 1 aliphatic rings. The highest BCUT2D eigenvalue weighted by Crippen LogP contribution is 2.30. The molecule has 4 rings (SSSR count). The normalized spacial score (nSPS) is 15.9. The number of likely N-dealkylation sites (tertiary alicyclic amines) is 1. The summed E-state index contributed by atoms with van der Waals surface area (Å²) >= 11 is 0. The number of aromatic nitrogens is 3. The summed E-state index contributed by atoms with van der Waals surface area (Å²) < 4.78 is 0. The molecule has 1 fully saturated rings. The van der Waals surface area contributed by atoms with Crippen molar-refractivity contribution in [1.29, 1.82) is 0 Å². The molecule has 0 aliphatic carbocycles. The van der Waals surface area contributed by atoms with Crippen molar-refractivity contribution in [3.8, 4) is 11.4 Å². The van der Waals surface area contributed by atoms with Gasteiger partial charge in [-0.15, -0.1) is 0 Å². The Hall–Kier alpha value is -3.48. The monoisotopic (exact) mass is 403 g/mol. The number of amides is 2. The van der Waals surface area contributed by atoms with E-state index in [1.807, 2.05) is 62.4 Å². The smallest absolute Gasteiger partial charge is 0.251 e. The van der Waals surface area contributed by atoms with Gasteiger partial charge in [-0.25, -0.2) is 4.98 Å². The summed E-state index contributed by atoms with van der Waals surface area (Å²) in [5, 5.41) is 10.1. The van der Waals surface area contributed by atoms with E-state index in [4.69, 9.17) is 0 Å². The first kappa shape index (κ1) is 19.8. The van der Waals surface area contributed by atoms with E-state index in [0.717, 1.165) is 29.5 Å². The summed E-state index contributed by atoms with van der Waals surface area (Å²) in [5.41, 5.74) is 3.54. The Kier molecular flexibility index (Phi) is 5.61. The lowest BCUT2D eigenvalue weighted by molar-refractivity contribution is -0.131. The molecule has 2 aromatic carbocycles. The lowest BCUT2D eigenvalue weighted by Gasteiger charge is -2.23. The SMILES string of the molecule is Cc1cc(C)cc(C(=O)NCC(=O)N2CCCC2c2nc(-c3ccccc3)n[nH]2)c1. The fraction of sp³-hybridized carbons (Fsp3) is 0.304. The van der Waals surface area contributed by atoms with Crippen molar-refractivity contribution >= 4 is 11.8 Å². The van der Waals surface area contributed by atoms with E-state index >= 15 is 0 Å². The van der Waals surface area contributed by atoms with E-state index in [1.54, 1.807) is 4.90 Å². The predicted octanol–water partition coefficient (Wildman–Crippen LogP) is 3.18. The molecule has 0 spiro atoms. The molecule has 1 aromatic heterocycles. The van der Waals surface area contributed by atoms with E-state index in [1.165, 1.54) is 0 Å². The maximum Gasteiger partial charge on any atom is 0.251 e. The molecule has 2 heterocycles. The van der Waals surface area contributed by atoms with Gasteiger partial charge in [-0.3, -0.25) is 14.7 Å². The van der Waals surface area contributed by atoms with Gasteiger partial charge >= 0.3 is 0 Å². The van der Waals surface area contributed by atoms with Crippen molar-refractivity contribution in [3.05, 3.63) is 71.0 Å². The van der Waals surface area contributed by atoms with E-state index < -0.39 is 0 Å². The molecule has 2 amide bonds. The number of aryl methyl sites for hydroxylation is 2. The van der Waals surface area contributed by atoms with Crippen LogP contribution in [0.2, 0.25) is 0 Å². The highest BCUT2D eigenvalue weighted by molar-refractivity contribution is 5.96. The Bertz CT molecular complexity index is 1040. The van der Waals surface area contributed by atoms with E-state index in [0.29, 0.717) is 23.8 Å². The van der Waals surface area contributed by atoms with Crippen LogP contribution in [0.4, 0.5) is 0 Å². The van der Waals surface area contributed by atoms with Crippen LogP contribution in [-0.2, 0) is 4.79 Å². The van der Waals surface area contributed by atoms with E-state index in [-0.39, 0.29) is 24.4 Å². The number of benzene rings is 2. The number of rotatable bonds is 5. The maximum absolute atomic E-state index is 12.8. The molecule has 1 saturated heterocycles. The molecule has 7 heteroatoms. The third kappa shape index (κ3) is 4.25. The van der Waals surface area contributed by atoms with Crippen LogP contribution in [0.25, 0.3) is 11.4 Å². The van der Waals surface area contributed by atoms with Gasteiger partial charge < -0.3 is 10.2 Å². The number of nitrogens with zero attached hydrogens (tertiary/aromatic N) is 3. The van der Waals surface area contributed by atoms with Gasteiger partial charge in [-0.1, -0.05) is 47.5 Å². The van der Waals surface area contributed by atoms with Crippen LogP contribution in [0.15, 0.2) is 48.5 Å². The Morgan fingerprint density at radius 2 is 1.87 bits per heavy atom. The number of nitrogens with one attached hydrogen (secondary N) is 2. The zero-order valence-corrected chi connectivity index (χ0v) is 17.2. The Labute approximate surface area is 175 Å². The fourth-order valence-electron chi connectivity index (χ4n) is 3.95. The summed E-state index contributed by atoms with van der Waals surface area (Å²) in [4.78, 5) is 31.7. The molecule has 30 heavy (non-hydrogen) atoms. The topological polar surface area (TPSA) is 91.0 Å². The highest BCUT2D eigenvalue weighted by Gasteiger charge is 2.32. The third-order valence-electron chi connectivity index (χ3n) is 5.31. The predicted molar refractivity (Wildman–Crippen MR) is 114 cm³/mol. The van der Waals surface area contributed by atoms with Crippen molar-refractivity contribution < 1.29 is 9.59 Å². The summed E-state index contributed by atoms with van der Waals surface area (Å²) in [6, 6.07) is 15.2. The minimum absolute atomic E-state index is 0.0397. The Morgan fingerprint density at radius 3 is 2.60 bits per heavy atom. The van der Waals surface area contributed by atoms with Crippen LogP contribution in [0.1, 0.15) is 46.2 Å². The Morgan fingerprint density at radius 1 is 1.13 bits per heavy atom. The quantitative estimate of drug-likeness (QED) is 0.685. The van der Waals surface area contributed by atoms with Crippen molar-refractivity contribution in [2.75, 3.05) is 13.1 Å². The minimum Gasteiger partial charge on any atom is -0.343 e. The van der Waals surface area contributed by atoms with Crippen LogP contribution in [0, 0.1) is 13.8 Å². The average Bonchev–Trinajstić information content (AvgIpc) is 3.41. The van der Waals surface area contributed by atoms with Gasteiger partial charge in [0.2, 0.25) is 5.91 Å². The second-order valence-corrected chi connectivity index (χ2v) is 7.71. The number of carbonyl (C=O) groups is 2. The van der Waals surface area contributed by atoms with Crippen molar-refractivity contribution in [3.63, 3.8) is 0 Å². The number of hydrogen-bond donors (Lipinski definition) is 2. The molecule has 1 atom stereocenters. The maximum atomic E-state index is 12.8. The molecule has 7 nitrogen and oxygen atoms in total. The van der Waals surface area contributed by atoms with Gasteiger partial charge in [-0.2, -0.15) is 5.10 Å². The lowest BCUT2D eigenvalue weighted by Crippen LogP contribution is -2.40. The molecule has 1 aliphatic heterocycles. The first-order chi connectivity index (χ1) is 14.5. The number of hydrogen-bond acceptors (Lipinski definition) is 4. The largest absolute Gasteiger partial charge is 0.343 e. The van der Waals surface area contributed by atoms with Crippen LogP contribution in [-0.4, -0.2) is 45.0 Å². The Balaban J connectivity index is 1.41. The summed E-state index contributed by atoms with van der Waals surface area (Å²) in [5.74, 6) is 0.943. The number of aromatic amines is 1. The van der Waals surface area contributed by atoms with Crippen molar-refractivity contribution in [2.45, 2.75) is 32.7 Å². The molecule has 0 saturated carbocycles. The summed E-state index contributed by atoms with van der Waals surface area (Å²) in [6.07, 6.45) is 1.71. The van der Waals surface area contributed by atoms with E-state index in [9.17, 15) is 9.59 Å². The van der Waals surface area contributed by atoms with Gasteiger partial charge in [0.1, 0.15) is 5.82 Å². The van der Waals surface area contributed by atoms with Crippen molar-refractivity contribution in [1.82, 2.24) is 25.4 Å². The number of H-pyrrole nitrogens is 1. The van der Waals surface area contributed by atoms with Gasteiger partial charge in [-0.05, 0) is 38.8 Å². The van der Waals surface area contributed by atoms with Gasteiger partial charge in [0, 0.05) is 17.7 Å². The second-order valence-electron chi connectivity index (χ2n) is 7.71. The highest BCUT2D eigenvalue weighted by atomic mass is 16.2. The molecular formula is C23H25N5O2. The number of carbonyl (C=O) groups excluding carboxylic acids is 2. The molecule has 3 aromatic rings. The molecule has 0 bridgehead atoms. The van der Waals surface area contributed by atoms with Crippen molar-refractivity contribution in [2.24, 2.45) is 0 Å². The van der Waals surface area contributed by atoms with Gasteiger partial charge in [0.25, 0.3) is 5.91 Å². The van der Waals surface area contributed by atoms with Crippen LogP contribution < -0.4 is 5.32 Å². The van der Waals surface area contributed by atoms with Gasteiger partial charge in [0.05, 0.1) is 12.6 Å². The molecule has 154 valence electrons. The summed E-state index contributed by atoms with van der Waals surface area (Å²) in [6.45, 7) is 4.50. The minimum atomic E-state index is -0.239. The zero-order valence-electron chi connectivity index (χ0n) is 17.2. The summed E-state index contributed by atoms with van der Waals surface area (Å²) in [7, 11) is 0. The average molecular weight is 403 g/mol. The first-order valence-electron chi connectivity index (χ1n) is 10.1. The second kappa shape index (κ2) is 8.49. The molecular weight excluding hydrogens is 378 g/mol. The van der Waals surface area contributed by atoms with Crippen LogP contribution >= 0.6 is 0 Å².